The number of Topliss-reactive ketones (excluding diaryl/α,β-unsaturated/α-hetero) is 1. The zero-order chi connectivity index (χ0) is 21.1. The van der Waals surface area contributed by atoms with Gasteiger partial charge in [-0.25, -0.2) is 4.79 Å². The average molecular weight is 463 g/mol. The molecule has 2 N–H and O–H groups in total. The summed E-state index contributed by atoms with van der Waals surface area (Å²) in [5.74, 6) is -1.73. The topological polar surface area (TPSA) is 111 Å². The highest BCUT2D eigenvalue weighted by Crippen LogP contribution is 2.11. The first-order valence-corrected chi connectivity index (χ1v) is 9.39. The third-order valence-electron chi connectivity index (χ3n) is 3.57. The number of hydrogen-bond donors (Lipinski definition) is 2. The first-order chi connectivity index (χ1) is 13.9. The number of esters is 1. The lowest BCUT2D eigenvalue weighted by Crippen LogP contribution is -2.39. The summed E-state index contributed by atoms with van der Waals surface area (Å²) in [5, 5.41) is 4.55. The maximum absolute atomic E-state index is 11.9. The molecule has 0 atom stereocenters. The van der Waals surface area contributed by atoms with Gasteiger partial charge in [0.2, 0.25) is 5.91 Å². The van der Waals surface area contributed by atoms with Crippen molar-refractivity contribution in [1.82, 2.24) is 10.6 Å². The Bertz CT molecular complexity index is 855. The maximum atomic E-state index is 11.9. The van der Waals surface area contributed by atoms with Gasteiger partial charge in [0.05, 0.1) is 0 Å². The van der Waals surface area contributed by atoms with Crippen LogP contribution in [0.2, 0.25) is 0 Å². The number of halogens is 1. The van der Waals surface area contributed by atoms with Gasteiger partial charge in [-0.2, -0.15) is 0 Å². The van der Waals surface area contributed by atoms with Crippen molar-refractivity contribution in [1.29, 1.82) is 0 Å². The first kappa shape index (κ1) is 22.1. The van der Waals surface area contributed by atoms with Gasteiger partial charge in [-0.05, 0) is 17.7 Å². The van der Waals surface area contributed by atoms with Crippen molar-refractivity contribution in [3.63, 3.8) is 0 Å². The van der Waals surface area contributed by atoms with Crippen molar-refractivity contribution in [2.75, 3.05) is 19.7 Å². The van der Waals surface area contributed by atoms with Gasteiger partial charge in [0.1, 0.15) is 19.7 Å². The summed E-state index contributed by atoms with van der Waals surface area (Å²) < 4.78 is 10.6. The molecule has 0 aliphatic carbocycles. The molecule has 0 aliphatic heterocycles. The number of amides is 2. The summed E-state index contributed by atoms with van der Waals surface area (Å²) in [4.78, 5) is 46.7. The van der Waals surface area contributed by atoms with Crippen molar-refractivity contribution in [2.24, 2.45) is 0 Å². The van der Waals surface area contributed by atoms with Crippen LogP contribution in [0, 0.1) is 0 Å². The van der Waals surface area contributed by atoms with E-state index < -0.39 is 31.1 Å². The molecule has 2 rings (SSSR count). The number of hydrogen-bond acceptors (Lipinski definition) is 6. The Kier molecular flexibility index (Phi) is 8.84. The van der Waals surface area contributed by atoms with Gasteiger partial charge in [-0.1, -0.05) is 58.4 Å². The zero-order valence-corrected chi connectivity index (χ0v) is 16.9. The number of ether oxygens (including phenoxy) is 2. The molecule has 9 heteroatoms. The largest absolute Gasteiger partial charge is 0.456 e. The Morgan fingerprint density at radius 2 is 1.52 bits per heavy atom. The molecule has 0 aliphatic rings. The molecule has 29 heavy (non-hydrogen) atoms. The van der Waals surface area contributed by atoms with Crippen LogP contribution in [0.5, 0.6) is 0 Å². The van der Waals surface area contributed by atoms with Crippen LogP contribution >= 0.6 is 15.9 Å². The van der Waals surface area contributed by atoms with Crippen molar-refractivity contribution in [3.8, 4) is 0 Å². The summed E-state index contributed by atoms with van der Waals surface area (Å²) >= 11 is 3.26. The molecular formula is C20H19BrN2O6. The number of ketones is 1. The van der Waals surface area contributed by atoms with E-state index in [1.54, 1.807) is 36.4 Å². The molecule has 0 spiro atoms. The molecular weight excluding hydrogens is 444 g/mol. The Morgan fingerprint density at radius 1 is 0.828 bits per heavy atom. The van der Waals surface area contributed by atoms with E-state index in [9.17, 15) is 19.2 Å². The lowest BCUT2D eigenvalue weighted by Gasteiger charge is -2.08. The molecule has 0 unspecified atom stereocenters. The van der Waals surface area contributed by atoms with Gasteiger partial charge in [0.15, 0.2) is 12.4 Å². The van der Waals surface area contributed by atoms with Crippen LogP contribution in [0.3, 0.4) is 0 Å². The van der Waals surface area contributed by atoms with Crippen LogP contribution in [-0.4, -0.2) is 43.4 Å². The number of rotatable bonds is 9. The highest BCUT2D eigenvalue weighted by atomic mass is 79.9. The van der Waals surface area contributed by atoms with Crippen LogP contribution < -0.4 is 10.6 Å². The standard InChI is InChI=1S/C20H19BrN2O6/c21-16-8-6-15(7-9-16)17(24)13-28-19(26)11-22-18(25)10-23-20(27)29-12-14-4-2-1-3-5-14/h1-9H,10-13H2,(H,22,25)(H,23,27). The molecule has 152 valence electrons. The van der Waals surface area contributed by atoms with Gasteiger partial charge in [0.25, 0.3) is 0 Å². The van der Waals surface area contributed by atoms with Crippen molar-refractivity contribution in [2.45, 2.75) is 6.61 Å². The van der Waals surface area contributed by atoms with E-state index >= 15 is 0 Å². The minimum atomic E-state index is -0.768. The highest BCUT2D eigenvalue weighted by Gasteiger charge is 2.12. The van der Waals surface area contributed by atoms with Gasteiger partial charge < -0.3 is 20.1 Å². The number of alkyl carbamates (subject to hydrolysis) is 1. The molecule has 0 saturated heterocycles. The second-order valence-electron chi connectivity index (χ2n) is 5.78. The fourth-order valence-corrected chi connectivity index (χ4v) is 2.34. The molecule has 8 nitrogen and oxygen atoms in total. The summed E-state index contributed by atoms with van der Waals surface area (Å²) in [7, 11) is 0. The Labute approximate surface area is 175 Å². The SMILES string of the molecule is O=C(CNC(=O)OCc1ccccc1)NCC(=O)OCC(=O)c1ccc(Br)cc1. The minimum Gasteiger partial charge on any atom is -0.456 e. The molecule has 0 heterocycles. The Hall–Kier alpha value is -3.20. The van der Waals surface area contributed by atoms with Gasteiger partial charge in [0, 0.05) is 10.0 Å². The van der Waals surface area contributed by atoms with E-state index in [0.29, 0.717) is 5.56 Å². The smallest absolute Gasteiger partial charge is 0.407 e. The van der Waals surface area contributed by atoms with E-state index in [4.69, 9.17) is 9.47 Å². The third-order valence-corrected chi connectivity index (χ3v) is 4.10. The predicted molar refractivity (Wildman–Crippen MR) is 107 cm³/mol. The quantitative estimate of drug-likeness (QED) is 0.436. The summed E-state index contributed by atoms with van der Waals surface area (Å²) in [6.45, 7) is -1.14. The average Bonchev–Trinajstić information content (AvgIpc) is 2.74. The molecule has 0 bridgehead atoms. The third kappa shape index (κ3) is 8.56. The molecule has 2 aromatic rings. The highest BCUT2D eigenvalue weighted by molar-refractivity contribution is 9.10. The van der Waals surface area contributed by atoms with Crippen LogP contribution in [0.25, 0.3) is 0 Å². The van der Waals surface area contributed by atoms with Crippen LogP contribution in [0.4, 0.5) is 4.79 Å². The van der Waals surface area contributed by atoms with Gasteiger partial charge >= 0.3 is 12.1 Å². The minimum absolute atomic E-state index is 0.0764. The number of carbonyl (C=O) groups is 4. The normalized spacial score (nSPS) is 9.97. The van der Waals surface area contributed by atoms with Crippen molar-refractivity contribution >= 4 is 39.7 Å². The van der Waals surface area contributed by atoms with Crippen LogP contribution in [0.15, 0.2) is 59.1 Å². The first-order valence-electron chi connectivity index (χ1n) is 8.59. The maximum Gasteiger partial charge on any atom is 0.407 e. The van der Waals surface area contributed by atoms with Gasteiger partial charge in [-0.15, -0.1) is 0 Å². The fraction of sp³-hybridized carbons (Fsp3) is 0.200. The lowest BCUT2D eigenvalue weighted by molar-refractivity contribution is -0.142. The Balaban J connectivity index is 1.59. The predicted octanol–water partition coefficient (Wildman–Crippen LogP) is 2.22. The van der Waals surface area contributed by atoms with Gasteiger partial charge in [-0.3, -0.25) is 14.4 Å². The summed E-state index contributed by atoms with van der Waals surface area (Å²) in [6.07, 6.45) is -0.758. The van der Waals surface area contributed by atoms with Crippen LogP contribution in [-0.2, 0) is 25.7 Å². The zero-order valence-electron chi connectivity index (χ0n) is 15.4. The second kappa shape index (κ2) is 11.6. The number of benzene rings is 2. The fourth-order valence-electron chi connectivity index (χ4n) is 2.08. The monoisotopic (exact) mass is 462 g/mol. The van der Waals surface area contributed by atoms with E-state index in [0.717, 1.165) is 10.0 Å². The summed E-state index contributed by atoms with van der Waals surface area (Å²) in [5.41, 5.74) is 1.22. The number of nitrogens with one attached hydrogen (secondary N) is 2. The van der Waals surface area contributed by atoms with E-state index in [2.05, 4.69) is 26.6 Å². The molecule has 0 saturated carbocycles. The Morgan fingerprint density at radius 3 is 2.21 bits per heavy atom. The van der Waals surface area contributed by atoms with Crippen molar-refractivity contribution < 1.29 is 28.7 Å². The van der Waals surface area contributed by atoms with Crippen molar-refractivity contribution in [3.05, 3.63) is 70.2 Å². The second-order valence-corrected chi connectivity index (χ2v) is 6.70. The molecule has 0 radical (unpaired) electrons. The summed E-state index contributed by atoms with van der Waals surface area (Å²) in [6, 6.07) is 15.7. The molecule has 0 fully saturated rings. The van der Waals surface area contributed by atoms with E-state index in [1.165, 1.54) is 0 Å². The van der Waals surface area contributed by atoms with E-state index in [1.807, 2.05) is 18.2 Å². The molecule has 2 aromatic carbocycles. The van der Waals surface area contributed by atoms with E-state index in [-0.39, 0.29) is 18.9 Å². The lowest BCUT2D eigenvalue weighted by atomic mass is 10.1. The molecule has 2 amide bonds. The number of carbonyl (C=O) groups excluding carboxylic acids is 4. The van der Waals surface area contributed by atoms with Crippen LogP contribution in [0.1, 0.15) is 15.9 Å². The molecule has 0 aromatic heterocycles.